The molecular weight excluding hydrogens is 416 g/mol. The van der Waals surface area contributed by atoms with E-state index in [1.807, 2.05) is 16.7 Å². The Labute approximate surface area is 201 Å². The van der Waals surface area contributed by atoms with Crippen LogP contribution in [0.5, 0.6) is 0 Å². The third-order valence-electron chi connectivity index (χ3n) is 7.18. The lowest BCUT2D eigenvalue weighted by Crippen LogP contribution is -2.62. The van der Waals surface area contributed by atoms with Gasteiger partial charge in [0.05, 0.1) is 6.04 Å². The van der Waals surface area contributed by atoms with Crippen molar-refractivity contribution in [3.05, 3.63) is 0 Å². The van der Waals surface area contributed by atoms with E-state index in [-0.39, 0.29) is 35.8 Å². The highest BCUT2D eigenvalue weighted by molar-refractivity contribution is 5.90. The van der Waals surface area contributed by atoms with E-state index in [1.54, 1.807) is 0 Å². The zero-order valence-corrected chi connectivity index (χ0v) is 22.0. The normalized spacial score (nSPS) is 22.2. The Morgan fingerprint density at radius 2 is 1.64 bits per heavy atom. The molecule has 3 atom stereocenters. The molecule has 0 aromatic carbocycles. The molecule has 7 nitrogen and oxygen atoms in total. The van der Waals surface area contributed by atoms with Gasteiger partial charge >= 0.3 is 0 Å². The molecule has 0 aliphatic carbocycles. The predicted octanol–water partition coefficient (Wildman–Crippen LogP) is 3.04. The third kappa shape index (κ3) is 8.27. The first-order valence-electron chi connectivity index (χ1n) is 13.1. The van der Waals surface area contributed by atoms with Gasteiger partial charge in [-0.3, -0.25) is 14.4 Å². The van der Waals surface area contributed by atoms with E-state index in [0.717, 1.165) is 25.8 Å². The zero-order chi connectivity index (χ0) is 24.7. The lowest BCUT2D eigenvalue weighted by molar-refractivity contribution is -0.150. The van der Waals surface area contributed by atoms with E-state index in [4.69, 9.17) is 0 Å². The third-order valence-corrected chi connectivity index (χ3v) is 7.18. The maximum absolute atomic E-state index is 13.6. The second-order valence-electron chi connectivity index (χ2n) is 11.4. The van der Waals surface area contributed by atoms with Crippen molar-refractivity contribution in [1.82, 2.24) is 20.4 Å². The monoisotopic (exact) mass is 464 g/mol. The minimum atomic E-state index is -0.388. The van der Waals surface area contributed by atoms with Crippen LogP contribution < -0.4 is 10.6 Å². The molecule has 0 aromatic heterocycles. The summed E-state index contributed by atoms with van der Waals surface area (Å²) in [6, 6.07) is -0.410. The van der Waals surface area contributed by atoms with Crippen molar-refractivity contribution in [2.75, 3.05) is 26.2 Å². The lowest BCUT2D eigenvalue weighted by atomic mass is 9.91. The molecule has 0 spiro atoms. The number of piperazine rings is 1. The molecule has 0 aromatic rings. The lowest BCUT2D eigenvalue weighted by Gasteiger charge is -2.42. The number of piperidine rings is 1. The number of hydrogen-bond acceptors (Lipinski definition) is 4. The van der Waals surface area contributed by atoms with E-state index in [9.17, 15) is 14.4 Å². The van der Waals surface area contributed by atoms with Crippen molar-refractivity contribution in [1.29, 1.82) is 0 Å². The van der Waals surface area contributed by atoms with Gasteiger partial charge in [-0.05, 0) is 56.3 Å². The second kappa shape index (κ2) is 12.7. The van der Waals surface area contributed by atoms with Crippen LogP contribution in [0.3, 0.4) is 0 Å². The molecule has 3 amide bonds. The molecule has 2 heterocycles. The van der Waals surface area contributed by atoms with Crippen LogP contribution in [0.4, 0.5) is 0 Å². The first-order valence-corrected chi connectivity index (χ1v) is 13.1. The first-order chi connectivity index (χ1) is 15.5. The average Bonchev–Trinajstić information content (AvgIpc) is 2.73. The van der Waals surface area contributed by atoms with E-state index in [2.05, 4.69) is 52.2 Å². The van der Waals surface area contributed by atoms with Crippen molar-refractivity contribution >= 4 is 17.7 Å². The largest absolute Gasteiger partial charge is 0.353 e. The maximum atomic E-state index is 13.6. The second-order valence-corrected chi connectivity index (χ2v) is 11.4. The topological polar surface area (TPSA) is 81.8 Å². The summed E-state index contributed by atoms with van der Waals surface area (Å²) in [6.07, 6.45) is 3.70. The van der Waals surface area contributed by atoms with Crippen molar-refractivity contribution in [2.24, 2.45) is 23.7 Å². The Kier molecular flexibility index (Phi) is 10.6. The van der Waals surface area contributed by atoms with E-state index >= 15 is 0 Å². The van der Waals surface area contributed by atoms with Gasteiger partial charge in [-0.1, -0.05) is 41.5 Å². The fraction of sp³-hybridized carbons (Fsp3) is 0.885. The number of rotatable bonds is 10. The van der Waals surface area contributed by atoms with Crippen LogP contribution in [0, 0.1) is 23.7 Å². The molecule has 0 bridgehead atoms. The Morgan fingerprint density at radius 3 is 2.18 bits per heavy atom. The smallest absolute Gasteiger partial charge is 0.245 e. The highest BCUT2D eigenvalue weighted by atomic mass is 16.2. The minimum absolute atomic E-state index is 0.0692. The SMILES string of the molecule is CC(C)C[C@@H]1NCCN([C@@H](CC(C)C)C(=O)N2CCC(CC(=O)NC(C)C(C)C)CC2)C1=O. The molecule has 2 N–H and O–H groups in total. The number of likely N-dealkylation sites (tertiary alicyclic amines) is 1. The Bertz CT molecular complexity index is 656. The molecule has 0 saturated carbocycles. The summed E-state index contributed by atoms with van der Waals surface area (Å²) in [4.78, 5) is 43.0. The molecule has 2 saturated heterocycles. The zero-order valence-electron chi connectivity index (χ0n) is 22.0. The fourth-order valence-electron chi connectivity index (χ4n) is 4.84. The van der Waals surface area contributed by atoms with Gasteiger partial charge in [-0.15, -0.1) is 0 Å². The van der Waals surface area contributed by atoms with Gasteiger partial charge in [0, 0.05) is 38.6 Å². The highest BCUT2D eigenvalue weighted by Gasteiger charge is 2.39. The Balaban J connectivity index is 1.97. The standard InChI is InChI=1S/C26H48N4O3/c1-17(2)14-22-25(32)30(13-10-27-22)23(15-18(3)4)26(33)29-11-8-21(9-12-29)16-24(31)28-20(7)19(5)6/h17-23,27H,8-16H2,1-7H3,(H,28,31)/t20?,22-,23-/m0/s1. The van der Waals surface area contributed by atoms with Gasteiger partial charge in [0.25, 0.3) is 0 Å². The van der Waals surface area contributed by atoms with Crippen LogP contribution in [-0.4, -0.2) is 71.8 Å². The van der Waals surface area contributed by atoms with E-state index < -0.39 is 0 Å². The quantitative estimate of drug-likeness (QED) is 0.521. The van der Waals surface area contributed by atoms with Gasteiger partial charge < -0.3 is 20.4 Å². The first kappa shape index (κ1) is 27.6. The van der Waals surface area contributed by atoms with E-state index in [1.165, 1.54) is 0 Å². The van der Waals surface area contributed by atoms with Gasteiger partial charge in [0.1, 0.15) is 6.04 Å². The number of nitrogens with zero attached hydrogens (tertiary/aromatic N) is 2. The van der Waals surface area contributed by atoms with Crippen LogP contribution >= 0.6 is 0 Å². The molecule has 2 aliphatic heterocycles. The summed E-state index contributed by atoms with van der Waals surface area (Å²) in [7, 11) is 0. The molecule has 1 unspecified atom stereocenters. The molecular formula is C26H48N4O3. The number of carbonyl (C=O) groups is 3. The molecule has 2 fully saturated rings. The summed E-state index contributed by atoms with van der Waals surface area (Å²) in [5.41, 5.74) is 0. The summed E-state index contributed by atoms with van der Waals surface area (Å²) < 4.78 is 0. The summed E-state index contributed by atoms with van der Waals surface area (Å²) in [6.45, 7) is 17.4. The van der Waals surface area contributed by atoms with Crippen molar-refractivity contribution in [3.8, 4) is 0 Å². The summed E-state index contributed by atoms with van der Waals surface area (Å²) >= 11 is 0. The van der Waals surface area contributed by atoms with Crippen molar-refractivity contribution in [2.45, 2.75) is 98.7 Å². The van der Waals surface area contributed by atoms with Crippen molar-refractivity contribution < 1.29 is 14.4 Å². The number of hydrogen-bond donors (Lipinski definition) is 2. The average molecular weight is 465 g/mol. The maximum Gasteiger partial charge on any atom is 0.245 e. The minimum Gasteiger partial charge on any atom is -0.353 e. The van der Waals surface area contributed by atoms with Gasteiger partial charge in [-0.2, -0.15) is 0 Å². The Hall–Kier alpha value is -1.63. The van der Waals surface area contributed by atoms with Gasteiger partial charge in [-0.25, -0.2) is 0 Å². The Morgan fingerprint density at radius 1 is 1.00 bits per heavy atom. The van der Waals surface area contributed by atoms with Gasteiger partial charge in [0.15, 0.2) is 0 Å². The van der Waals surface area contributed by atoms with Crippen LogP contribution in [0.1, 0.15) is 80.6 Å². The van der Waals surface area contributed by atoms with E-state index in [0.29, 0.717) is 56.1 Å². The molecule has 33 heavy (non-hydrogen) atoms. The molecule has 7 heteroatoms. The molecule has 2 rings (SSSR count). The van der Waals surface area contributed by atoms with Crippen molar-refractivity contribution in [3.63, 3.8) is 0 Å². The predicted molar refractivity (Wildman–Crippen MR) is 133 cm³/mol. The fourth-order valence-corrected chi connectivity index (χ4v) is 4.84. The summed E-state index contributed by atoms with van der Waals surface area (Å²) in [5.74, 6) is 1.74. The molecule has 0 radical (unpaired) electrons. The highest BCUT2D eigenvalue weighted by Crippen LogP contribution is 2.25. The van der Waals surface area contributed by atoms with Crippen LogP contribution in [-0.2, 0) is 14.4 Å². The number of nitrogens with one attached hydrogen (secondary N) is 2. The van der Waals surface area contributed by atoms with Crippen LogP contribution in [0.15, 0.2) is 0 Å². The number of amides is 3. The number of carbonyl (C=O) groups excluding carboxylic acids is 3. The van der Waals surface area contributed by atoms with Crippen LogP contribution in [0.2, 0.25) is 0 Å². The van der Waals surface area contributed by atoms with Crippen LogP contribution in [0.25, 0.3) is 0 Å². The molecule has 190 valence electrons. The summed E-state index contributed by atoms with van der Waals surface area (Å²) in [5, 5.41) is 6.44. The van der Waals surface area contributed by atoms with Gasteiger partial charge in [0.2, 0.25) is 17.7 Å². The molecule has 2 aliphatic rings.